The fourth-order valence-corrected chi connectivity index (χ4v) is 4.05. The Bertz CT molecular complexity index is 584. The van der Waals surface area contributed by atoms with Crippen LogP contribution in [-0.4, -0.2) is 26.1 Å². The largest absolute Gasteiger partial charge is 0.380 e. The third-order valence-corrected chi connectivity index (χ3v) is 5.35. The number of halogens is 2. The van der Waals surface area contributed by atoms with Crippen LogP contribution in [0.1, 0.15) is 36.8 Å². The smallest absolute Gasteiger partial charge is 0.228 e. The highest BCUT2D eigenvalue weighted by atomic mass is 35.5. The topological polar surface area (TPSA) is 50.4 Å². The van der Waals surface area contributed by atoms with E-state index in [1.54, 1.807) is 19.2 Å². The molecule has 1 aliphatic carbocycles. The lowest BCUT2D eigenvalue weighted by Gasteiger charge is -2.37. The molecule has 0 aromatic heterocycles. The number of amides is 1. The van der Waals surface area contributed by atoms with Crippen LogP contribution in [0.25, 0.3) is 0 Å². The van der Waals surface area contributed by atoms with Crippen LogP contribution in [0.3, 0.4) is 0 Å². The van der Waals surface area contributed by atoms with Gasteiger partial charge in [-0.15, -0.1) is 12.4 Å². The fourth-order valence-electron chi connectivity index (χ4n) is 4.05. The van der Waals surface area contributed by atoms with Crippen molar-refractivity contribution in [2.45, 2.75) is 38.8 Å². The van der Waals surface area contributed by atoms with Crippen LogP contribution in [0.4, 0.5) is 4.39 Å². The lowest BCUT2D eigenvalue weighted by atomic mass is 9.67. The Morgan fingerprint density at radius 1 is 1.46 bits per heavy atom. The van der Waals surface area contributed by atoms with E-state index in [9.17, 15) is 9.18 Å². The average Bonchev–Trinajstić information content (AvgIpc) is 3.00. The van der Waals surface area contributed by atoms with Gasteiger partial charge in [0.25, 0.3) is 0 Å². The van der Waals surface area contributed by atoms with Gasteiger partial charge in [0.15, 0.2) is 0 Å². The predicted octanol–water partition coefficient (Wildman–Crippen LogP) is 2.79. The van der Waals surface area contributed by atoms with Crippen LogP contribution in [0.5, 0.6) is 0 Å². The molecular formula is C18H26ClFN2O2. The fraction of sp³-hybridized carbons (Fsp3) is 0.611. The van der Waals surface area contributed by atoms with Gasteiger partial charge >= 0.3 is 0 Å². The minimum Gasteiger partial charge on any atom is -0.380 e. The van der Waals surface area contributed by atoms with E-state index in [0.717, 1.165) is 37.9 Å². The number of fused-ring (bicyclic) bond motifs is 1. The maximum Gasteiger partial charge on any atom is 0.228 e. The number of carbonyl (C=O) groups excluding carboxylic acids is 1. The molecule has 2 aliphatic rings. The number of ether oxygens (including phenoxy) is 1. The minimum absolute atomic E-state index is 0. The van der Waals surface area contributed by atoms with Gasteiger partial charge in [-0.2, -0.15) is 0 Å². The van der Waals surface area contributed by atoms with E-state index in [2.05, 4.69) is 10.6 Å². The summed E-state index contributed by atoms with van der Waals surface area (Å²) in [5.74, 6) is 0.325. The molecule has 6 heteroatoms. The van der Waals surface area contributed by atoms with Crippen LogP contribution < -0.4 is 10.6 Å². The van der Waals surface area contributed by atoms with Gasteiger partial charge in [0, 0.05) is 25.8 Å². The van der Waals surface area contributed by atoms with Crippen molar-refractivity contribution in [3.63, 3.8) is 0 Å². The molecule has 3 rings (SSSR count). The quantitative estimate of drug-likeness (QED) is 0.853. The van der Waals surface area contributed by atoms with E-state index in [0.29, 0.717) is 18.0 Å². The van der Waals surface area contributed by atoms with E-state index in [1.165, 1.54) is 12.5 Å². The first kappa shape index (κ1) is 19.2. The molecule has 1 amide bonds. The molecule has 134 valence electrons. The van der Waals surface area contributed by atoms with Crippen LogP contribution in [0, 0.1) is 17.2 Å². The van der Waals surface area contributed by atoms with Crippen molar-refractivity contribution in [3.8, 4) is 0 Å². The van der Waals surface area contributed by atoms with Crippen molar-refractivity contribution in [2.75, 3.05) is 20.2 Å². The first-order valence-electron chi connectivity index (χ1n) is 8.41. The van der Waals surface area contributed by atoms with Gasteiger partial charge in [-0.05, 0) is 43.0 Å². The van der Waals surface area contributed by atoms with E-state index < -0.39 is 0 Å². The van der Waals surface area contributed by atoms with Crippen LogP contribution in [0.15, 0.2) is 18.2 Å². The lowest BCUT2D eigenvalue weighted by Crippen LogP contribution is -2.47. The molecular weight excluding hydrogens is 331 g/mol. The monoisotopic (exact) mass is 356 g/mol. The zero-order valence-corrected chi connectivity index (χ0v) is 14.9. The van der Waals surface area contributed by atoms with Crippen LogP contribution in [0.2, 0.25) is 0 Å². The maximum absolute atomic E-state index is 13.6. The predicted molar refractivity (Wildman–Crippen MR) is 93.5 cm³/mol. The van der Waals surface area contributed by atoms with Gasteiger partial charge in [0.05, 0.1) is 12.0 Å². The molecule has 1 saturated carbocycles. The van der Waals surface area contributed by atoms with E-state index >= 15 is 0 Å². The summed E-state index contributed by atoms with van der Waals surface area (Å²) < 4.78 is 18.7. The van der Waals surface area contributed by atoms with Crippen molar-refractivity contribution in [1.29, 1.82) is 0 Å². The number of benzene rings is 1. The maximum atomic E-state index is 13.6. The Balaban J connectivity index is 0.00000208. The molecule has 0 spiro atoms. The van der Waals surface area contributed by atoms with E-state index in [1.807, 2.05) is 0 Å². The number of nitrogens with one attached hydrogen (secondary N) is 2. The Labute approximate surface area is 148 Å². The number of rotatable bonds is 5. The third-order valence-electron chi connectivity index (χ3n) is 5.35. The van der Waals surface area contributed by atoms with Crippen molar-refractivity contribution in [2.24, 2.45) is 11.3 Å². The highest BCUT2D eigenvalue weighted by Gasteiger charge is 2.49. The summed E-state index contributed by atoms with van der Waals surface area (Å²) in [6.45, 7) is 2.40. The Morgan fingerprint density at radius 2 is 2.29 bits per heavy atom. The molecule has 1 aromatic rings. The van der Waals surface area contributed by atoms with Gasteiger partial charge in [-0.3, -0.25) is 4.79 Å². The summed E-state index contributed by atoms with van der Waals surface area (Å²) in [4.78, 5) is 12.8. The van der Waals surface area contributed by atoms with E-state index in [-0.39, 0.29) is 36.2 Å². The third kappa shape index (κ3) is 3.73. The van der Waals surface area contributed by atoms with Gasteiger partial charge in [0.2, 0.25) is 5.91 Å². The summed E-state index contributed by atoms with van der Waals surface area (Å²) >= 11 is 0. The van der Waals surface area contributed by atoms with Crippen LogP contribution in [-0.2, 0) is 22.7 Å². The second-order valence-corrected chi connectivity index (χ2v) is 6.77. The molecule has 1 saturated heterocycles. The summed E-state index contributed by atoms with van der Waals surface area (Å²) in [6.07, 6.45) is 4.45. The molecule has 1 heterocycles. The van der Waals surface area contributed by atoms with Crippen molar-refractivity contribution < 1.29 is 13.9 Å². The molecule has 4 nitrogen and oxygen atoms in total. The van der Waals surface area contributed by atoms with Crippen molar-refractivity contribution in [1.82, 2.24) is 10.6 Å². The summed E-state index contributed by atoms with van der Waals surface area (Å²) in [5.41, 5.74) is 1.19. The number of methoxy groups -OCH3 is 1. The molecule has 24 heavy (non-hydrogen) atoms. The lowest BCUT2D eigenvalue weighted by molar-refractivity contribution is -0.134. The molecule has 2 fully saturated rings. The molecule has 1 aromatic carbocycles. The standard InChI is InChI=1S/C18H25FN2O2.ClH/c1-23-11-14-8-13(5-6-16(14)19)9-21-17(22)18-7-3-2-4-15(18)10-20-12-18;/h5-6,8,15,20H,2-4,7,9-12H2,1H3,(H,21,22);1H/t15-,18+;/m0./s1. The second kappa shape index (κ2) is 8.28. The summed E-state index contributed by atoms with van der Waals surface area (Å²) in [6, 6.07) is 4.92. The minimum atomic E-state index is -0.271. The van der Waals surface area contributed by atoms with Gasteiger partial charge in [-0.25, -0.2) is 4.39 Å². The molecule has 0 bridgehead atoms. The van der Waals surface area contributed by atoms with Gasteiger partial charge in [0.1, 0.15) is 5.82 Å². The van der Waals surface area contributed by atoms with Crippen LogP contribution >= 0.6 is 12.4 Å². The van der Waals surface area contributed by atoms with E-state index in [4.69, 9.17) is 4.74 Å². The normalized spacial score (nSPS) is 25.7. The number of hydrogen-bond donors (Lipinski definition) is 2. The second-order valence-electron chi connectivity index (χ2n) is 6.77. The molecule has 0 unspecified atom stereocenters. The molecule has 2 atom stereocenters. The highest BCUT2D eigenvalue weighted by molar-refractivity contribution is 5.85. The zero-order chi connectivity index (χ0) is 16.3. The summed E-state index contributed by atoms with van der Waals surface area (Å²) in [7, 11) is 1.54. The SMILES string of the molecule is COCc1cc(CNC(=O)[C@@]23CCCC[C@H]2CNC3)ccc1F.Cl. The number of carbonyl (C=O) groups is 1. The Hall–Kier alpha value is -1.17. The highest BCUT2D eigenvalue weighted by Crippen LogP contribution is 2.43. The summed E-state index contributed by atoms with van der Waals surface area (Å²) in [5, 5.41) is 6.47. The van der Waals surface area contributed by atoms with Gasteiger partial charge < -0.3 is 15.4 Å². The number of hydrogen-bond acceptors (Lipinski definition) is 3. The Kier molecular flexibility index (Phi) is 6.61. The van der Waals surface area contributed by atoms with Gasteiger partial charge in [-0.1, -0.05) is 18.9 Å². The van der Waals surface area contributed by atoms with Crippen molar-refractivity contribution in [3.05, 3.63) is 35.1 Å². The van der Waals surface area contributed by atoms with Crippen molar-refractivity contribution >= 4 is 18.3 Å². The zero-order valence-electron chi connectivity index (χ0n) is 14.1. The average molecular weight is 357 g/mol. The first-order valence-corrected chi connectivity index (χ1v) is 8.41. The Morgan fingerprint density at radius 3 is 3.08 bits per heavy atom. The molecule has 2 N–H and O–H groups in total. The molecule has 0 radical (unpaired) electrons. The first-order chi connectivity index (χ1) is 11.2. The molecule has 1 aliphatic heterocycles.